The highest BCUT2D eigenvalue weighted by Gasteiger charge is 2.81. The van der Waals surface area contributed by atoms with Crippen molar-refractivity contribution in [2.75, 3.05) is 0 Å². The summed E-state index contributed by atoms with van der Waals surface area (Å²) in [5.74, 6) is 0. The molecule has 0 aromatic rings. The van der Waals surface area contributed by atoms with Crippen molar-refractivity contribution < 1.29 is 47.6 Å². The maximum Gasteiger partial charge on any atom is 0.519 e. The minimum atomic E-state index is -1.51. The minimum Gasteiger partial charge on any atom is -0.422 e. The van der Waals surface area contributed by atoms with Crippen molar-refractivity contribution in [2.24, 2.45) is 0 Å². The first-order valence-electron chi connectivity index (χ1n) is 6.61. The lowest BCUT2D eigenvalue weighted by atomic mass is 9.58. The lowest BCUT2D eigenvalue weighted by Gasteiger charge is -2.59. The highest BCUT2D eigenvalue weighted by Crippen LogP contribution is 2.56. The van der Waals surface area contributed by atoms with Crippen molar-refractivity contribution in [3.8, 4) is 0 Å². The Kier molecular flexibility index (Phi) is 2.94. The fourth-order valence-electron chi connectivity index (χ4n) is 3.23. The van der Waals surface area contributed by atoms with Gasteiger partial charge in [0.25, 0.3) is 0 Å². The molecule has 0 spiro atoms. The van der Waals surface area contributed by atoms with Crippen LogP contribution < -0.4 is 0 Å². The van der Waals surface area contributed by atoms with Crippen LogP contribution >= 0.6 is 0 Å². The van der Waals surface area contributed by atoms with Crippen LogP contribution in [0.2, 0.25) is 0 Å². The Morgan fingerprint density at radius 2 is 1.09 bits per heavy atom. The van der Waals surface area contributed by atoms with Crippen LogP contribution in [0.4, 0.5) is 19.2 Å². The normalized spacial score (nSPS) is 39.9. The Labute approximate surface area is 123 Å². The molecule has 0 amide bonds. The Bertz CT molecular complexity index is 508. The summed E-state index contributed by atoms with van der Waals surface area (Å²) in [5.41, 5.74) is -3.02. The summed E-state index contributed by atoms with van der Waals surface area (Å²) in [7, 11) is 0. The summed E-state index contributed by atoms with van der Waals surface area (Å²) in [6.45, 7) is 3.25. The van der Waals surface area contributed by atoms with Gasteiger partial charge in [-0.25, -0.2) is 19.2 Å². The van der Waals surface area contributed by atoms with Gasteiger partial charge in [0, 0.05) is 0 Å². The zero-order chi connectivity index (χ0) is 16.1. The molecule has 1 saturated carbocycles. The molecule has 0 atom stereocenters. The molecule has 10 nitrogen and oxygen atoms in total. The molecule has 3 aliphatic rings. The van der Waals surface area contributed by atoms with E-state index < -0.39 is 48.0 Å². The fourth-order valence-corrected chi connectivity index (χ4v) is 3.23. The van der Waals surface area contributed by atoms with Gasteiger partial charge in [0.2, 0.25) is 0 Å². The van der Waals surface area contributed by atoms with Crippen LogP contribution in [0.1, 0.15) is 26.7 Å². The fraction of sp³-hybridized carbons (Fsp3) is 0.667. The van der Waals surface area contributed by atoms with Crippen LogP contribution in [0.15, 0.2) is 0 Å². The van der Waals surface area contributed by atoms with E-state index >= 15 is 0 Å². The molecule has 22 heavy (non-hydrogen) atoms. The van der Waals surface area contributed by atoms with E-state index in [1.54, 1.807) is 13.8 Å². The van der Waals surface area contributed by atoms with Crippen LogP contribution in [0, 0.1) is 0 Å². The Morgan fingerprint density at radius 1 is 0.727 bits per heavy atom. The first-order valence-corrected chi connectivity index (χ1v) is 6.61. The van der Waals surface area contributed by atoms with E-state index in [-0.39, 0.29) is 12.8 Å². The van der Waals surface area contributed by atoms with Crippen molar-refractivity contribution in [1.82, 2.24) is 0 Å². The molecule has 10 heteroatoms. The molecule has 0 N–H and O–H groups in total. The highest BCUT2D eigenvalue weighted by atomic mass is 16.9. The second-order valence-electron chi connectivity index (χ2n) is 5.02. The number of hydrogen-bond acceptors (Lipinski definition) is 10. The van der Waals surface area contributed by atoms with E-state index in [9.17, 15) is 19.2 Å². The summed E-state index contributed by atoms with van der Waals surface area (Å²) < 4.78 is 28.9. The zero-order valence-corrected chi connectivity index (χ0v) is 11.7. The molecule has 0 bridgehead atoms. The maximum absolute atomic E-state index is 11.5. The molecule has 0 radical (unpaired) electrons. The molecule has 3 fully saturated rings. The Hall–Kier alpha value is -2.52. The van der Waals surface area contributed by atoms with Gasteiger partial charge in [-0.15, -0.1) is 0 Å². The number of hydrogen-bond donors (Lipinski definition) is 0. The third-order valence-electron chi connectivity index (χ3n) is 4.19. The molecule has 2 saturated heterocycles. The largest absolute Gasteiger partial charge is 0.519 e. The van der Waals surface area contributed by atoms with Gasteiger partial charge in [-0.2, -0.15) is 0 Å². The Balaban J connectivity index is 2.08. The average Bonchev–Trinajstić information content (AvgIpc) is 2.65. The van der Waals surface area contributed by atoms with E-state index in [4.69, 9.17) is 18.9 Å². The molecule has 0 unspecified atom stereocenters. The van der Waals surface area contributed by atoms with Gasteiger partial charge in [-0.1, -0.05) is 13.8 Å². The van der Waals surface area contributed by atoms with Gasteiger partial charge in [0.15, 0.2) is 23.4 Å². The first-order chi connectivity index (χ1) is 10.4. The predicted molar refractivity (Wildman–Crippen MR) is 61.7 cm³/mol. The summed E-state index contributed by atoms with van der Waals surface area (Å²) in [6, 6.07) is 0. The maximum atomic E-state index is 11.5. The van der Waals surface area contributed by atoms with Crippen LogP contribution in [0.5, 0.6) is 0 Å². The predicted octanol–water partition coefficient (Wildman–Crippen LogP) is 1.64. The molecule has 0 aromatic carbocycles. The SMILES string of the molecule is CCC12OC(=O)OC(=O)OC1C1(CC)OC(=O)OC(=O)OC21. The number of carbonyl (C=O) groups is 4. The Morgan fingerprint density at radius 3 is 1.41 bits per heavy atom. The summed E-state index contributed by atoms with van der Waals surface area (Å²) >= 11 is 0. The van der Waals surface area contributed by atoms with Crippen LogP contribution in [-0.4, -0.2) is 48.0 Å². The molecule has 1 aliphatic carbocycles. The van der Waals surface area contributed by atoms with Crippen molar-refractivity contribution in [3.63, 3.8) is 0 Å². The van der Waals surface area contributed by atoms with Crippen LogP contribution in [0.25, 0.3) is 0 Å². The first kappa shape index (κ1) is 14.4. The highest BCUT2D eigenvalue weighted by molar-refractivity contribution is 5.81. The van der Waals surface area contributed by atoms with Crippen LogP contribution in [-0.2, 0) is 28.4 Å². The van der Waals surface area contributed by atoms with Gasteiger partial charge in [-0.05, 0) is 12.8 Å². The average molecular weight is 316 g/mol. The van der Waals surface area contributed by atoms with E-state index in [1.807, 2.05) is 0 Å². The second-order valence-corrected chi connectivity index (χ2v) is 5.02. The number of ether oxygens (including phenoxy) is 6. The topological polar surface area (TPSA) is 124 Å². The smallest absolute Gasteiger partial charge is 0.422 e. The van der Waals surface area contributed by atoms with E-state index in [0.717, 1.165) is 0 Å². The van der Waals surface area contributed by atoms with E-state index in [2.05, 4.69) is 9.47 Å². The lowest BCUT2D eigenvalue weighted by molar-refractivity contribution is -0.320. The van der Waals surface area contributed by atoms with Gasteiger partial charge in [0.1, 0.15) is 0 Å². The van der Waals surface area contributed by atoms with Gasteiger partial charge in [-0.3, -0.25) is 0 Å². The summed E-state index contributed by atoms with van der Waals surface area (Å²) in [4.78, 5) is 46.0. The van der Waals surface area contributed by atoms with E-state index in [0.29, 0.717) is 0 Å². The van der Waals surface area contributed by atoms with Crippen LogP contribution in [0.3, 0.4) is 0 Å². The monoisotopic (exact) mass is 316 g/mol. The van der Waals surface area contributed by atoms with Crippen molar-refractivity contribution in [2.45, 2.75) is 50.1 Å². The van der Waals surface area contributed by atoms with Crippen molar-refractivity contribution >= 4 is 24.6 Å². The molecule has 3 rings (SSSR count). The number of fused-ring (bicyclic) bond motifs is 4. The van der Waals surface area contributed by atoms with Gasteiger partial charge in [0.05, 0.1) is 0 Å². The summed E-state index contributed by atoms with van der Waals surface area (Å²) in [6.07, 6.45) is -7.27. The lowest BCUT2D eigenvalue weighted by Crippen LogP contribution is -2.83. The molecular formula is C12H12O10. The van der Waals surface area contributed by atoms with E-state index in [1.165, 1.54) is 0 Å². The van der Waals surface area contributed by atoms with Gasteiger partial charge >= 0.3 is 24.6 Å². The number of rotatable bonds is 2. The third-order valence-corrected chi connectivity index (χ3v) is 4.19. The van der Waals surface area contributed by atoms with Gasteiger partial charge < -0.3 is 28.4 Å². The quantitative estimate of drug-likeness (QED) is 0.421. The molecule has 120 valence electrons. The zero-order valence-electron chi connectivity index (χ0n) is 11.7. The molecular weight excluding hydrogens is 304 g/mol. The molecule has 2 aliphatic heterocycles. The second kappa shape index (κ2) is 4.49. The molecule has 2 heterocycles. The standard InChI is InChI=1S/C12H12O10/c1-3-11-5(17-7(13)19-9(15)21-11)12(4-2)6(11)18-8(14)20-10(16)22-12/h5-6H,3-4H2,1-2H3. The number of cyclic esters (lactones) is 4. The number of carbonyl (C=O) groups excluding carboxylic acids is 4. The molecule has 0 aromatic heterocycles. The minimum absolute atomic E-state index is 0.122. The van der Waals surface area contributed by atoms with Crippen molar-refractivity contribution in [3.05, 3.63) is 0 Å². The van der Waals surface area contributed by atoms with Crippen molar-refractivity contribution in [1.29, 1.82) is 0 Å². The summed E-state index contributed by atoms with van der Waals surface area (Å²) in [5, 5.41) is 0. The third kappa shape index (κ3) is 1.66.